The van der Waals surface area contributed by atoms with Crippen molar-refractivity contribution < 1.29 is 9.59 Å². The van der Waals surface area contributed by atoms with Crippen molar-refractivity contribution in [2.24, 2.45) is 0 Å². The second-order valence-electron chi connectivity index (χ2n) is 5.33. The van der Waals surface area contributed by atoms with Gasteiger partial charge in [0.25, 0.3) is 5.91 Å². The molecule has 0 spiro atoms. The molecule has 5 nitrogen and oxygen atoms in total. The average molecular weight is 326 g/mol. The number of carbonyl (C=O) groups is 2. The van der Waals surface area contributed by atoms with Gasteiger partial charge in [-0.15, -0.1) is 12.4 Å². The largest absolute Gasteiger partial charge is 0.334 e. The van der Waals surface area contributed by atoms with Gasteiger partial charge in [0.1, 0.15) is 0 Å². The molecule has 1 saturated heterocycles. The number of halogens is 1. The highest BCUT2D eigenvalue weighted by Gasteiger charge is 2.28. The van der Waals surface area contributed by atoms with Gasteiger partial charge in [0.2, 0.25) is 5.91 Å². The van der Waals surface area contributed by atoms with Gasteiger partial charge in [0.15, 0.2) is 0 Å². The number of rotatable bonds is 5. The summed E-state index contributed by atoms with van der Waals surface area (Å²) in [6.07, 6.45) is 2.51. The summed E-state index contributed by atoms with van der Waals surface area (Å²) in [5.74, 6) is -0.00539. The molecular weight excluding hydrogens is 302 g/mol. The Morgan fingerprint density at radius 1 is 1.36 bits per heavy atom. The molecule has 6 heteroatoms. The zero-order valence-corrected chi connectivity index (χ0v) is 13.9. The summed E-state index contributed by atoms with van der Waals surface area (Å²) in [5, 5.41) is 5.93. The summed E-state index contributed by atoms with van der Waals surface area (Å²) in [6, 6.07) is 7.43. The summed E-state index contributed by atoms with van der Waals surface area (Å²) in [6.45, 7) is 3.42. The molecule has 2 N–H and O–H groups in total. The van der Waals surface area contributed by atoms with Crippen LogP contribution >= 0.6 is 12.4 Å². The Morgan fingerprint density at radius 2 is 2.14 bits per heavy atom. The Morgan fingerprint density at radius 3 is 2.82 bits per heavy atom. The molecule has 0 aliphatic carbocycles. The topological polar surface area (TPSA) is 61.4 Å². The minimum absolute atomic E-state index is 0. The van der Waals surface area contributed by atoms with E-state index in [0.29, 0.717) is 17.7 Å². The molecule has 0 aromatic heterocycles. The van der Waals surface area contributed by atoms with Crippen molar-refractivity contribution in [1.29, 1.82) is 0 Å². The third kappa shape index (κ3) is 4.45. The molecule has 0 bridgehead atoms. The van der Waals surface area contributed by atoms with Crippen LogP contribution in [0.25, 0.3) is 0 Å². The van der Waals surface area contributed by atoms with Crippen molar-refractivity contribution >= 4 is 29.9 Å². The number of amides is 2. The molecule has 1 aromatic carbocycles. The highest BCUT2D eigenvalue weighted by molar-refractivity contribution is 5.97. The molecule has 1 unspecified atom stereocenters. The van der Waals surface area contributed by atoms with Gasteiger partial charge in [-0.2, -0.15) is 0 Å². The number of nitrogens with one attached hydrogen (secondary N) is 2. The van der Waals surface area contributed by atoms with E-state index in [1.807, 2.05) is 18.0 Å². The van der Waals surface area contributed by atoms with E-state index in [1.54, 1.807) is 25.1 Å². The van der Waals surface area contributed by atoms with Crippen LogP contribution in [0.5, 0.6) is 0 Å². The van der Waals surface area contributed by atoms with Gasteiger partial charge < -0.3 is 15.5 Å². The molecular formula is C16H24ClN3O2. The first-order valence-corrected chi connectivity index (χ1v) is 7.51. The maximum atomic E-state index is 12.6. The van der Waals surface area contributed by atoms with Crippen LogP contribution in [0.4, 0.5) is 5.69 Å². The van der Waals surface area contributed by atoms with Crippen LogP contribution in [0.15, 0.2) is 24.3 Å². The maximum Gasteiger partial charge on any atom is 0.254 e. The zero-order chi connectivity index (χ0) is 15.2. The Kier molecular flexibility index (Phi) is 7.35. The Hall–Kier alpha value is -1.59. The molecule has 1 heterocycles. The van der Waals surface area contributed by atoms with Crippen LogP contribution in [0, 0.1) is 0 Å². The van der Waals surface area contributed by atoms with Crippen LogP contribution in [-0.4, -0.2) is 42.9 Å². The zero-order valence-electron chi connectivity index (χ0n) is 13.1. The van der Waals surface area contributed by atoms with Crippen molar-refractivity contribution in [3.8, 4) is 0 Å². The second-order valence-corrected chi connectivity index (χ2v) is 5.33. The standard InChI is InChI=1S/C16H23N3O2.ClH/c1-3-15(20)18-13-7-4-6-12(10-13)16(21)19-9-5-8-14(19)11-17-2;/h4,6-7,10,14,17H,3,5,8-9,11H2,1-2H3,(H,18,20);1H. The monoisotopic (exact) mass is 325 g/mol. The van der Waals surface area contributed by atoms with Crippen LogP contribution in [0.1, 0.15) is 36.5 Å². The Balaban J connectivity index is 0.00000242. The van der Waals surface area contributed by atoms with Crippen LogP contribution in [-0.2, 0) is 4.79 Å². The van der Waals surface area contributed by atoms with Crippen LogP contribution in [0.3, 0.4) is 0 Å². The smallest absolute Gasteiger partial charge is 0.254 e. The van der Waals surface area contributed by atoms with E-state index < -0.39 is 0 Å². The SMILES string of the molecule is CCC(=O)Nc1cccc(C(=O)N2CCCC2CNC)c1.Cl. The van der Waals surface area contributed by atoms with Gasteiger partial charge in [0, 0.05) is 36.8 Å². The van der Waals surface area contributed by atoms with E-state index in [1.165, 1.54) is 0 Å². The highest BCUT2D eigenvalue weighted by Crippen LogP contribution is 2.21. The van der Waals surface area contributed by atoms with Gasteiger partial charge in [-0.1, -0.05) is 13.0 Å². The molecule has 0 radical (unpaired) electrons. The van der Waals surface area contributed by atoms with E-state index in [9.17, 15) is 9.59 Å². The third-order valence-corrected chi connectivity index (χ3v) is 3.79. The highest BCUT2D eigenvalue weighted by atomic mass is 35.5. The first-order chi connectivity index (χ1) is 10.2. The minimum atomic E-state index is -0.0474. The van der Waals surface area contributed by atoms with E-state index >= 15 is 0 Å². The van der Waals surface area contributed by atoms with Crippen molar-refractivity contribution in [2.45, 2.75) is 32.2 Å². The summed E-state index contributed by atoms with van der Waals surface area (Å²) in [4.78, 5) is 26.0. The first-order valence-electron chi connectivity index (χ1n) is 7.51. The fourth-order valence-electron chi connectivity index (χ4n) is 2.70. The van der Waals surface area contributed by atoms with E-state index in [4.69, 9.17) is 0 Å². The molecule has 1 aliphatic heterocycles. The summed E-state index contributed by atoms with van der Waals surface area (Å²) in [7, 11) is 1.90. The lowest BCUT2D eigenvalue weighted by atomic mass is 10.1. The van der Waals surface area contributed by atoms with Crippen LogP contribution in [0.2, 0.25) is 0 Å². The lowest BCUT2D eigenvalue weighted by Gasteiger charge is -2.24. The van der Waals surface area contributed by atoms with Crippen molar-refractivity contribution in [2.75, 3.05) is 25.5 Å². The van der Waals surface area contributed by atoms with Crippen molar-refractivity contribution in [3.05, 3.63) is 29.8 Å². The van der Waals surface area contributed by atoms with Crippen LogP contribution < -0.4 is 10.6 Å². The predicted octanol–water partition coefficient (Wildman–Crippen LogP) is 2.28. The molecule has 1 aromatic rings. The number of nitrogens with zero attached hydrogens (tertiary/aromatic N) is 1. The Bertz CT molecular complexity index is 522. The van der Waals surface area contributed by atoms with E-state index in [2.05, 4.69) is 10.6 Å². The van der Waals surface area contributed by atoms with Gasteiger partial charge in [0.05, 0.1) is 0 Å². The predicted molar refractivity (Wildman–Crippen MR) is 90.6 cm³/mol. The van der Waals surface area contributed by atoms with Gasteiger partial charge in [-0.3, -0.25) is 9.59 Å². The molecule has 1 atom stereocenters. The van der Waals surface area contributed by atoms with E-state index in [-0.39, 0.29) is 30.3 Å². The normalized spacial score (nSPS) is 17.0. The van der Waals surface area contributed by atoms with E-state index in [0.717, 1.165) is 25.9 Å². The molecule has 0 saturated carbocycles. The van der Waals surface area contributed by atoms with Crippen molar-refractivity contribution in [3.63, 3.8) is 0 Å². The Labute approximate surface area is 137 Å². The number of benzene rings is 1. The average Bonchev–Trinajstić information content (AvgIpc) is 2.95. The van der Waals surface area contributed by atoms with Crippen molar-refractivity contribution in [1.82, 2.24) is 10.2 Å². The molecule has 1 fully saturated rings. The summed E-state index contributed by atoms with van der Waals surface area (Å²) in [5.41, 5.74) is 1.31. The fourth-order valence-corrected chi connectivity index (χ4v) is 2.70. The molecule has 2 amide bonds. The second kappa shape index (κ2) is 8.76. The molecule has 22 heavy (non-hydrogen) atoms. The summed E-state index contributed by atoms with van der Waals surface area (Å²) >= 11 is 0. The van der Waals surface area contributed by atoms with Gasteiger partial charge >= 0.3 is 0 Å². The number of carbonyl (C=O) groups excluding carboxylic acids is 2. The number of anilines is 1. The van der Waals surface area contributed by atoms with Gasteiger partial charge in [-0.25, -0.2) is 0 Å². The first kappa shape index (κ1) is 18.5. The molecule has 1 aliphatic rings. The minimum Gasteiger partial charge on any atom is -0.334 e. The maximum absolute atomic E-state index is 12.6. The molecule has 122 valence electrons. The number of likely N-dealkylation sites (N-methyl/N-ethyl adjacent to an activating group) is 1. The third-order valence-electron chi connectivity index (χ3n) is 3.79. The quantitative estimate of drug-likeness (QED) is 0.873. The number of hydrogen-bond acceptors (Lipinski definition) is 3. The lowest BCUT2D eigenvalue weighted by molar-refractivity contribution is -0.115. The number of likely N-dealkylation sites (tertiary alicyclic amines) is 1. The lowest BCUT2D eigenvalue weighted by Crippen LogP contribution is -2.40. The fraction of sp³-hybridized carbons (Fsp3) is 0.500. The number of hydrogen-bond donors (Lipinski definition) is 2. The van der Waals surface area contributed by atoms with Gasteiger partial charge in [-0.05, 0) is 38.1 Å². The molecule has 2 rings (SSSR count). The summed E-state index contributed by atoms with van der Waals surface area (Å²) < 4.78 is 0.